The summed E-state index contributed by atoms with van der Waals surface area (Å²) < 4.78 is 10.2. The van der Waals surface area contributed by atoms with Crippen LogP contribution in [0.25, 0.3) is 0 Å². The minimum Gasteiger partial charge on any atom is -0.489 e. The van der Waals surface area contributed by atoms with Crippen LogP contribution in [0, 0.1) is 20.2 Å². The van der Waals surface area contributed by atoms with Gasteiger partial charge in [-0.1, -0.05) is 29.8 Å². The monoisotopic (exact) mass is 324 g/mol. The first-order valence-electron chi connectivity index (χ1n) is 5.88. The number of hydrogen-bond donors (Lipinski definition) is 0. The van der Waals surface area contributed by atoms with Gasteiger partial charge in [-0.2, -0.15) is 0 Å². The Bertz CT molecular complexity index is 735. The molecule has 0 heterocycles. The van der Waals surface area contributed by atoms with Crippen LogP contribution in [-0.2, 0) is 0 Å². The fraction of sp³-hybridized carbons (Fsp3) is 0.0769. The standard InChI is InChI=1S/C13H9ClN2O6/c1-21-12-9(14)7-10(15(17)18)13(11(12)16(19)20)22-8-5-3-2-4-6-8/h2-7H,1H3. The first-order chi connectivity index (χ1) is 10.5. The lowest BCUT2D eigenvalue weighted by molar-refractivity contribution is -0.396. The molecule has 2 rings (SSSR count). The van der Waals surface area contributed by atoms with Gasteiger partial charge in [0.25, 0.3) is 5.75 Å². The van der Waals surface area contributed by atoms with Gasteiger partial charge in [0, 0.05) is 6.07 Å². The molecule has 0 saturated carbocycles. The van der Waals surface area contributed by atoms with E-state index < -0.39 is 27.0 Å². The fourth-order valence-electron chi connectivity index (χ4n) is 1.79. The van der Waals surface area contributed by atoms with E-state index in [1.165, 1.54) is 19.2 Å². The number of hydrogen-bond acceptors (Lipinski definition) is 6. The Balaban J connectivity index is 2.72. The molecule has 0 saturated heterocycles. The second-order valence-corrected chi connectivity index (χ2v) is 4.43. The van der Waals surface area contributed by atoms with E-state index in [-0.39, 0.29) is 16.5 Å². The molecule has 0 aliphatic heterocycles. The van der Waals surface area contributed by atoms with E-state index in [9.17, 15) is 20.2 Å². The summed E-state index contributed by atoms with van der Waals surface area (Å²) in [6.07, 6.45) is 0. The Morgan fingerprint density at radius 2 is 1.68 bits per heavy atom. The van der Waals surface area contributed by atoms with Crippen molar-refractivity contribution in [3.8, 4) is 17.2 Å². The van der Waals surface area contributed by atoms with Gasteiger partial charge in [-0.15, -0.1) is 0 Å². The molecule has 0 spiro atoms. The van der Waals surface area contributed by atoms with Gasteiger partial charge in [-0.3, -0.25) is 20.2 Å². The van der Waals surface area contributed by atoms with E-state index in [0.29, 0.717) is 0 Å². The molecule has 0 N–H and O–H groups in total. The molecule has 0 amide bonds. The number of nitro groups is 2. The highest BCUT2D eigenvalue weighted by atomic mass is 35.5. The summed E-state index contributed by atoms with van der Waals surface area (Å²) in [5.74, 6) is -0.635. The predicted octanol–water partition coefficient (Wildman–Crippen LogP) is 3.96. The summed E-state index contributed by atoms with van der Waals surface area (Å²) in [5.41, 5.74) is -1.33. The Morgan fingerprint density at radius 1 is 1.05 bits per heavy atom. The van der Waals surface area contributed by atoms with Crippen molar-refractivity contribution in [3.63, 3.8) is 0 Å². The number of benzene rings is 2. The molecule has 22 heavy (non-hydrogen) atoms. The van der Waals surface area contributed by atoms with Crippen LogP contribution in [0.2, 0.25) is 5.02 Å². The maximum atomic E-state index is 11.3. The van der Waals surface area contributed by atoms with Crippen molar-refractivity contribution in [2.24, 2.45) is 0 Å². The number of ether oxygens (including phenoxy) is 2. The maximum Gasteiger partial charge on any atom is 0.361 e. The van der Waals surface area contributed by atoms with Gasteiger partial charge in [-0.05, 0) is 12.1 Å². The molecule has 0 fully saturated rings. The lowest BCUT2D eigenvalue weighted by atomic mass is 10.2. The Kier molecular flexibility index (Phi) is 4.42. The molecule has 8 nitrogen and oxygen atoms in total. The third-order valence-corrected chi connectivity index (χ3v) is 2.97. The first-order valence-corrected chi connectivity index (χ1v) is 6.25. The smallest absolute Gasteiger partial charge is 0.361 e. The van der Waals surface area contributed by atoms with Crippen molar-refractivity contribution in [1.29, 1.82) is 0 Å². The normalized spacial score (nSPS) is 10.1. The van der Waals surface area contributed by atoms with E-state index in [1.807, 2.05) is 0 Å². The Hall–Kier alpha value is -2.87. The summed E-state index contributed by atoms with van der Waals surface area (Å²) in [5, 5.41) is 22.2. The zero-order valence-corrected chi connectivity index (χ0v) is 11.9. The van der Waals surface area contributed by atoms with Gasteiger partial charge >= 0.3 is 11.4 Å². The average molecular weight is 325 g/mol. The summed E-state index contributed by atoms with van der Waals surface area (Å²) in [6, 6.07) is 8.92. The highest BCUT2D eigenvalue weighted by Crippen LogP contribution is 2.49. The molecule has 0 aliphatic rings. The second kappa shape index (κ2) is 6.27. The number of methoxy groups -OCH3 is 1. The summed E-state index contributed by atoms with van der Waals surface area (Å²) >= 11 is 5.81. The van der Waals surface area contributed by atoms with Crippen LogP contribution < -0.4 is 9.47 Å². The Morgan fingerprint density at radius 3 is 2.18 bits per heavy atom. The summed E-state index contributed by atoms with van der Waals surface area (Å²) in [4.78, 5) is 20.8. The van der Waals surface area contributed by atoms with Crippen molar-refractivity contribution in [2.45, 2.75) is 0 Å². The molecule has 114 valence electrons. The van der Waals surface area contributed by atoms with Crippen LogP contribution in [0.1, 0.15) is 0 Å². The topological polar surface area (TPSA) is 105 Å². The van der Waals surface area contributed by atoms with E-state index in [4.69, 9.17) is 21.1 Å². The lowest BCUT2D eigenvalue weighted by Gasteiger charge is -2.10. The first kappa shape index (κ1) is 15.5. The highest BCUT2D eigenvalue weighted by molar-refractivity contribution is 6.32. The van der Waals surface area contributed by atoms with Crippen molar-refractivity contribution in [2.75, 3.05) is 7.11 Å². The molecule has 2 aromatic rings. The van der Waals surface area contributed by atoms with Crippen molar-refractivity contribution in [3.05, 3.63) is 61.6 Å². The van der Waals surface area contributed by atoms with Gasteiger partial charge in [-0.25, -0.2) is 0 Å². The van der Waals surface area contributed by atoms with Gasteiger partial charge in [0.15, 0.2) is 0 Å². The van der Waals surface area contributed by atoms with E-state index in [0.717, 1.165) is 6.07 Å². The molecular weight excluding hydrogens is 316 g/mol. The maximum absolute atomic E-state index is 11.3. The summed E-state index contributed by atoms with van der Waals surface area (Å²) in [7, 11) is 1.17. The van der Waals surface area contributed by atoms with Crippen molar-refractivity contribution < 1.29 is 19.3 Å². The molecule has 0 aromatic heterocycles. The van der Waals surface area contributed by atoms with E-state index in [2.05, 4.69) is 0 Å². The van der Waals surface area contributed by atoms with Crippen LogP contribution in [0.5, 0.6) is 17.2 Å². The minimum atomic E-state index is -0.837. The van der Waals surface area contributed by atoms with Crippen LogP contribution in [0.4, 0.5) is 11.4 Å². The van der Waals surface area contributed by atoms with Crippen LogP contribution >= 0.6 is 11.6 Å². The minimum absolute atomic E-state index is 0.207. The molecule has 0 bridgehead atoms. The Labute approximate surface area is 129 Å². The zero-order chi connectivity index (χ0) is 16.3. The molecule has 0 atom stereocenters. The van der Waals surface area contributed by atoms with Crippen LogP contribution in [0.3, 0.4) is 0 Å². The molecule has 0 radical (unpaired) electrons. The zero-order valence-electron chi connectivity index (χ0n) is 11.2. The molecule has 2 aromatic carbocycles. The van der Waals surface area contributed by atoms with Crippen LogP contribution in [-0.4, -0.2) is 17.0 Å². The third kappa shape index (κ3) is 2.91. The van der Waals surface area contributed by atoms with E-state index in [1.54, 1.807) is 18.2 Å². The van der Waals surface area contributed by atoms with Crippen LogP contribution in [0.15, 0.2) is 36.4 Å². The number of nitro benzene ring substituents is 2. The number of para-hydroxylation sites is 1. The van der Waals surface area contributed by atoms with Gasteiger partial charge in [0.05, 0.1) is 22.0 Å². The fourth-order valence-corrected chi connectivity index (χ4v) is 2.06. The SMILES string of the molecule is COc1c(Cl)cc([N+](=O)[O-])c(Oc2ccccc2)c1[N+](=O)[O-]. The molecule has 0 aliphatic carbocycles. The molecular formula is C13H9ClN2O6. The average Bonchev–Trinajstić information content (AvgIpc) is 2.48. The van der Waals surface area contributed by atoms with E-state index >= 15 is 0 Å². The second-order valence-electron chi connectivity index (χ2n) is 4.02. The van der Waals surface area contributed by atoms with Gasteiger partial charge in [0.1, 0.15) is 5.75 Å². The molecule has 9 heteroatoms. The molecule has 0 unspecified atom stereocenters. The predicted molar refractivity (Wildman–Crippen MR) is 77.8 cm³/mol. The van der Waals surface area contributed by atoms with Gasteiger partial charge in [0.2, 0.25) is 5.75 Å². The lowest BCUT2D eigenvalue weighted by Crippen LogP contribution is -2.02. The highest BCUT2D eigenvalue weighted by Gasteiger charge is 2.35. The quantitative estimate of drug-likeness (QED) is 0.609. The van der Waals surface area contributed by atoms with Crippen molar-refractivity contribution in [1.82, 2.24) is 0 Å². The largest absolute Gasteiger partial charge is 0.489 e. The van der Waals surface area contributed by atoms with Gasteiger partial charge < -0.3 is 9.47 Å². The number of halogens is 1. The summed E-state index contributed by atoms with van der Waals surface area (Å²) in [6.45, 7) is 0. The van der Waals surface area contributed by atoms with Crippen molar-refractivity contribution >= 4 is 23.0 Å². The third-order valence-electron chi connectivity index (χ3n) is 2.69. The number of rotatable bonds is 5. The number of nitrogens with zero attached hydrogens (tertiary/aromatic N) is 2.